The minimum Gasteiger partial charge on any atom is -0.392 e. The summed E-state index contributed by atoms with van der Waals surface area (Å²) in [5.74, 6) is -0.113. The Morgan fingerprint density at radius 1 is 0.870 bits per heavy atom. The number of nitrogens with zero attached hydrogens (tertiary/aromatic N) is 3. The number of fused-ring (bicyclic) bond motifs is 1. The first-order valence-corrected chi connectivity index (χ1v) is 18.7. The number of ether oxygens (including phenoxy) is 2. The molecule has 4 unspecified atom stereocenters. The Bertz CT molecular complexity index is 2260. The molecule has 6 aromatic rings. The average molecular weight is 724 g/mol. The van der Waals surface area contributed by atoms with Crippen molar-refractivity contribution in [2.24, 2.45) is 5.92 Å². The molecule has 10 heteroatoms. The van der Waals surface area contributed by atoms with Gasteiger partial charge >= 0.3 is 5.69 Å². The molecule has 4 aromatic carbocycles. The third-order valence-electron chi connectivity index (χ3n) is 10.9. The van der Waals surface area contributed by atoms with Crippen LogP contribution in [0.15, 0.2) is 126 Å². The molecule has 4 atom stereocenters. The number of aromatic amines is 1. The number of H-pyrrole nitrogens is 1. The molecule has 54 heavy (non-hydrogen) atoms. The van der Waals surface area contributed by atoms with Crippen LogP contribution in [0.4, 0.5) is 0 Å². The summed E-state index contributed by atoms with van der Waals surface area (Å²) in [6.07, 6.45) is 4.03. The van der Waals surface area contributed by atoms with Crippen LogP contribution in [-0.4, -0.2) is 56.2 Å². The van der Waals surface area contributed by atoms with Crippen LogP contribution in [0.5, 0.6) is 0 Å². The van der Waals surface area contributed by atoms with E-state index in [-0.39, 0.29) is 42.4 Å². The molecule has 8 rings (SSSR count). The molecule has 276 valence electrons. The number of nitrogens with one attached hydrogen (secondary N) is 2. The summed E-state index contributed by atoms with van der Waals surface area (Å²) in [5.41, 5.74) is 8.18. The van der Waals surface area contributed by atoms with Crippen molar-refractivity contribution in [2.45, 2.75) is 57.5 Å². The number of likely N-dealkylation sites (tertiary alicyclic amines) is 1. The first-order valence-electron chi connectivity index (χ1n) is 18.7. The van der Waals surface area contributed by atoms with Crippen LogP contribution < -0.4 is 11.0 Å². The zero-order chi connectivity index (χ0) is 37.0. The fourth-order valence-electron chi connectivity index (χ4n) is 7.89. The molecule has 2 aliphatic rings. The van der Waals surface area contributed by atoms with Crippen LogP contribution >= 0.6 is 0 Å². The molecule has 2 aliphatic heterocycles. The Morgan fingerprint density at radius 2 is 1.65 bits per heavy atom. The molecule has 0 aliphatic carbocycles. The number of aliphatic hydroxyl groups is 1. The number of carbonyl (C=O) groups is 1. The third kappa shape index (κ3) is 7.65. The Hall–Kier alpha value is -5.39. The van der Waals surface area contributed by atoms with Crippen molar-refractivity contribution in [3.63, 3.8) is 0 Å². The van der Waals surface area contributed by atoms with Crippen molar-refractivity contribution in [3.8, 4) is 11.1 Å². The Balaban J connectivity index is 0.998. The number of imidazole rings is 1. The number of hydrogen-bond donors (Lipinski definition) is 3. The molecule has 10 nitrogen and oxygen atoms in total. The lowest BCUT2D eigenvalue weighted by molar-refractivity contribution is -0.276. The number of hydrogen-bond acceptors (Lipinski definition) is 7. The second-order valence-electron chi connectivity index (χ2n) is 14.4. The Kier molecular flexibility index (Phi) is 10.5. The van der Waals surface area contributed by atoms with E-state index in [2.05, 4.69) is 57.4 Å². The highest BCUT2D eigenvalue weighted by molar-refractivity contribution is 5.93. The zero-order valence-corrected chi connectivity index (χ0v) is 30.3. The maximum Gasteiger partial charge on any atom is 0.326 e. The summed E-state index contributed by atoms with van der Waals surface area (Å²) in [6.45, 7) is 5.04. The van der Waals surface area contributed by atoms with Gasteiger partial charge in [-0.15, -0.1) is 0 Å². The van der Waals surface area contributed by atoms with E-state index in [0.717, 1.165) is 76.9 Å². The molecule has 4 heterocycles. The van der Waals surface area contributed by atoms with Crippen LogP contribution in [0.3, 0.4) is 0 Å². The third-order valence-corrected chi connectivity index (χ3v) is 10.9. The van der Waals surface area contributed by atoms with Crippen LogP contribution in [0, 0.1) is 5.92 Å². The first kappa shape index (κ1) is 35.6. The first-order chi connectivity index (χ1) is 26.4. The molecule has 3 N–H and O–H groups in total. The van der Waals surface area contributed by atoms with Crippen LogP contribution in [0.25, 0.3) is 22.2 Å². The SMILES string of the molecule is CC1C(CN2CCC(n3c(=O)[nH]c4ccccc43)CC2)OC(c2cccc(-c3cccc(CNC(=O)c4cccnc4)c3)c2)OC1c1ccc(CO)cc1. The van der Waals surface area contributed by atoms with Crippen LogP contribution in [-0.2, 0) is 22.6 Å². The molecular formula is C44H45N5O5. The van der Waals surface area contributed by atoms with Gasteiger partial charge in [0, 0.05) is 56.1 Å². The summed E-state index contributed by atoms with van der Waals surface area (Å²) in [4.78, 5) is 35.1. The summed E-state index contributed by atoms with van der Waals surface area (Å²) >= 11 is 0. The summed E-state index contributed by atoms with van der Waals surface area (Å²) in [5, 5.41) is 12.7. The van der Waals surface area contributed by atoms with Gasteiger partial charge in [-0.1, -0.05) is 79.7 Å². The van der Waals surface area contributed by atoms with Gasteiger partial charge in [0.15, 0.2) is 6.29 Å². The number of rotatable bonds is 10. The smallest absolute Gasteiger partial charge is 0.326 e. The number of amides is 1. The molecule has 0 radical (unpaired) electrons. The number of para-hydroxylation sites is 2. The maximum atomic E-state index is 12.9. The highest BCUT2D eigenvalue weighted by Gasteiger charge is 2.40. The number of benzene rings is 4. The molecule has 1 amide bonds. The lowest BCUT2D eigenvalue weighted by Gasteiger charge is -2.44. The van der Waals surface area contributed by atoms with E-state index in [1.165, 1.54) is 0 Å². The summed E-state index contributed by atoms with van der Waals surface area (Å²) in [7, 11) is 0. The molecule has 2 fully saturated rings. The van der Waals surface area contributed by atoms with Gasteiger partial charge in [-0.2, -0.15) is 0 Å². The predicted octanol–water partition coefficient (Wildman–Crippen LogP) is 6.94. The van der Waals surface area contributed by atoms with Gasteiger partial charge in [0.05, 0.1) is 35.4 Å². The number of aromatic nitrogens is 3. The van der Waals surface area contributed by atoms with Gasteiger partial charge in [0.25, 0.3) is 5.91 Å². The van der Waals surface area contributed by atoms with E-state index in [9.17, 15) is 14.7 Å². The average Bonchev–Trinajstić information content (AvgIpc) is 3.57. The van der Waals surface area contributed by atoms with Gasteiger partial charge in [0.2, 0.25) is 0 Å². The predicted molar refractivity (Wildman–Crippen MR) is 208 cm³/mol. The van der Waals surface area contributed by atoms with Gasteiger partial charge in [-0.25, -0.2) is 4.79 Å². The Labute approximate surface area is 314 Å². The zero-order valence-electron chi connectivity index (χ0n) is 30.3. The molecule has 0 bridgehead atoms. The van der Waals surface area contributed by atoms with Crippen molar-refractivity contribution in [1.82, 2.24) is 24.8 Å². The summed E-state index contributed by atoms with van der Waals surface area (Å²) < 4.78 is 15.6. The molecule has 0 spiro atoms. The monoisotopic (exact) mass is 723 g/mol. The number of pyridine rings is 1. The van der Waals surface area contributed by atoms with E-state index >= 15 is 0 Å². The minimum atomic E-state index is -0.599. The summed E-state index contributed by atoms with van der Waals surface area (Å²) in [6, 6.07) is 36.0. The van der Waals surface area contributed by atoms with Gasteiger partial charge in [0.1, 0.15) is 0 Å². The number of aliphatic hydroxyl groups excluding tert-OH is 1. The molecular weight excluding hydrogens is 679 g/mol. The Morgan fingerprint density at radius 3 is 2.43 bits per heavy atom. The molecule has 0 saturated carbocycles. The maximum absolute atomic E-state index is 12.9. The van der Waals surface area contributed by atoms with Crippen molar-refractivity contribution in [2.75, 3.05) is 19.6 Å². The van der Waals surface area contributed by atoms with Gasteiger partial charge in [-0.3, -0.25) is 14.3 Å². The quantitative estimate of drug-likeness (QED) is 0.140. The lowest BCUT2D eigenvalue weighted by atomic mass is 9.89. The fraction of sp³-hybridized carbons (Fsp3) is 0.295. The van der Waals surface area contributed by atoms with E-state index < -0.39 is 6.29 Å². The van der Waals surface area contributed by atoms with Crippen molar-refractivity contribution in [3.05, 3.63) is 160 Å². The fourth-order valence-corrected chi connectivity index (χ4v) is 7.89. The highest BCUT2D eigenvalue weighted by atomic mass is 16.7. The van der Waals surface area contributed by atoms with E-state index in [1.807, 2.05) is 71.3 Å². The lowest BCUT2D eigenvalue weighted by Crippen LogP contribution is -2.47. The van der Waals surface area contributed by atoms with Crippen molar-refractivity contribution < 1.29 is 19.4 Å². The normalized spacial score (nSPS) is 20.9. The largest absolute Gasteiger partial charge is 0.392 e. The van der Waals surface area contributed by atoms with E-state index in [1.54, 1.807) is 24.5 Å². The van der Waals surface area contributed by atoms with E-state index in [0.29, 0.717) is 12.1 Å². The van der Waals surface area contributed by atoms with Crippen LogP contribution in [0.1, 0.15) is 70.8 Å². The van der Waals surface area contributed by atoms with Gasteiger partial charge in [-0.05, 0) is 77.1 Å². The minimum absolute atomic E-state index is 0.0127. The molecule has 2 saturated heterocycles. The van der Waals surface area contributed by atoms with Crippen molar-refractivity contribution >= 4 is 16.9 Å². The van der Waals surface area contributed by atoms with Gasteiger partial charge < -0.3 is 29.8 Å². The topological polar surface area (TPSA) is 122 Å². The standard InChI is InChI=1S/C44H45N5O5/c1-29-40(27-48-21-18-37(19-22-48)49-39-13-3-2-12-38(39)47-44(49)52)53-43(54-41(29)32-16-14-30(28-50)15-17-32)35-10-5-9-34(24-35)33-8-4-7-31(23-33)25-46-42(51)36-11-6-20-45-26-36/h2-17,20,23-24,26,29,37,40-41,43,50H,18-19,21-22,25,27-28H2,1H3,(H,46,51)(H,47,52). The van der Waals surface area contributed by atoms with Crippen LogP contribution in [0.2, 0.25) is 0 Å². The second kappa shape index (κ2) is 15.9. The highest BCUT2D eigenvalue weighted by Crippen LogP contribution is 2.43. The number of carbonyl (C=O) groups excluding carboxylic acids is 1. The van der Waals surface area contributed by atoms with E-state index in [4.69, 9.17) is 9.47 Å². The number of piperidine rings is 1. The second-order valence-corrected chi connectivity index (χ2v) is 14.4. The molecule has 2 aromatic heterocycles. The van der Waals surface area contributed by atoms with Crippen molar-refractivity contribution in [1.29, 1.82) is 0 Å².